The average molecular weight is 966 g/mol. The van der Waals surface area contributed by atoms with E-state index in [-0.39, 0.29) is 21.7 Å². The van der Waals surface area contributed by atoms with Crippen LogP contribution < -0.4 is 0 Å². The summed E-state index contributed by atoms with van der Waals surface area (Å²) in [5.74, 6) is 0. The first kappa shape index (κ1) is 44.7. The molecule has 0 N–H and O–H groups in total. The number of allylic oxidation sites excluding steroid dienone is 4. The van der Waals surface area contributed by atoms with E-state index >= 15 is 0 Å². The van der Waals surface area contributed by atoms with Crippen molar-refractivity contribution < 1.29 is 24.2 Å². The Morgan fingerprint density at radius 3 is 1.36 bits per heavy atom. The van der Waals surface area contributed by atoms with Crippen molar-refractivity contribution in [3.63, 3.8) is 0 Å². The van der Waals surface area contributed by atoms with E-state index in [9.17, 15) is 0 Å². The first-order valence-electron chi connectivity index (χ1n) is 17.3. The summed E-state index contributed by atoms with van der Waals surface area (Å²) in [6.45, 7) is 28.0. The van der Waals surface area contributed by atoms with Crippen molar-refractivity contribution in [2.75, 3.05) is 0 Å². The van der Waals surface area contributed by atoms with Crippen LogP contribution in [0.4, 0.5) is 0 Å². The second kappa shape index (κ2) is 19.6. The Balaban J connectivity index is 0.000000329. The first-order valence-corrected chi connectivity index (χ1v) is 21.2. The Hall–Kier alpha value is -1.43. The van der Waals surface area contributed by atoms with E-state index in [1.807, 2.05) is 60.7 Å². The molecule has 3 heteroatoms. The quantitative estimate of drug-likeness (QED) is 0.107. The van der Waals surface area contributed by atoms with Gasteiger partial charge >= 0.3 is 28.4 Å². The van der Waals surface area contributed by atoms with Crippen molar-refractivity contribution in [1.82, 2.24) is 0 Å². The number of fused-ring (bicyclic) bond motifs is 3. The van der Waals surface area contributed by atoms with Gasteiger partial charge in [0.2, 0.25) is 0 Å². The van der Waals surface area contributed by atoms with E-state index < -0.39 is 0 Å². The molecule has 0 spiro atoms. The normalized spacial score (nSPS) is 12.8. The van der Waals surface area contributed by atoms with Gasteiger partial charge in [0.1, 0.15) is 0 Å². The summed E-state index contributed by atoms with van der Waals surface area (Å²) in [6.07, 6.45) is 11.0. The zero-order chi connectivity index (χ0) is 37.9. The van der Waals surface area contributed by atoms with Gasteiger partial charge in [-0.1, -0.05) is 159 Å². The van der Waals surface area contributed by atoms with Gasteiger partial charge in [-0.2, -0.15) is 84.4 Å². The van der Waals surface area contributed by atoms with Gasteiger partial charge in [-0.25, -0.2) is 12.2 Å². The van der Waals surface area contributed by atoms with Crippen LogP contribution in [0.5, 0.6) is 0 Å². The van der Waals surface area contributed by atoms with Gasteiger partial charge in [-0.05, 0) is 39.4 Å². The Labute approximate surface area is 348 Å². The molecule has 0 fully saturated rings. The molecule has 2 aliphatic rings. The molecule has 0 unspecified atom stereocenters. The van der Waals surface area contributed by atoms with Crippen molar-refractivity contribution in [3.05, 3.63) is 150 Å². The molecule has 2 aliphatic carbocycles. The van der Waals surface area contributed by atoms with Gasteiger partial charge in [-0.3, -0.25) is 6.08 Å². The summed E-state index contributed by atoms with van der Waals surface area (Å²) >= 11 is 5.82. The molecule has 0 atom stereocenters. The second-order valence-electron chi connectivity index (χ2n) is 16.6. The van der Waals surface area contributed by atoms with E-state index in [1.165, 1.54) is 75.9 Å². The second-order valence-corrected chi connectivity index (χ2v) is 19.1. The molecule has 0 saturated heterocycles. The molecule has 0 aromatic heterocycles. The molecule has 50 heavy (non-hydrogen) atoms. The third kappa shape index (κ3) is 13.8. The van der Waals surface area contributed by atoms with Crippen molar-refractivity contribution in [2.45, 2.75) is 118 Å². The van der Waals surface area contributed by atoms with Crippen LogP contribution in [0.15, 0.2) is 85.0 Å². The van der Waals surface area contributed by atoms with Crippen molar-refractivity contribution >= 4 is 49.4 Å². The molecule has 0 bridgehead atoms. The van der Waals surface area contributed by atoms with Crippen molar-refractivity contribution in [3.8, 4) is 11.1 Å². The molecule has 4 aromatic rings. The molecule has 0 amide bonds. The van der Waals surface area contributed by atoms with Crippen LogP contribution in [0.2, 0.25) is 0 Å². The van der Waals surface area contributed by atoms with Gasteiger partial charge in [0.25, 0.3) is 0 Å². The number of halogens is 2. The van der Waals surface area contributed by atoms with Crippen LogP contribution in [-0.4, -0.2) is 4.21 Å². The van der Waals surface area contributed by atoms with Crippen LogP contribution >= 0.6 is 45.2 Å². The maximum atomic E-state index is 3.90. The van der Waals surface area contributed by atoms with Crippen LogP contribution in [0, 0.1) is 31.4 Å². The first-order chi connectivity index (χ1) is 23.2. The Morgan fingerprint density at radius 1 is 0.600 bits per heavy atom. The Bertz CT molecular complexity index is 1580. The summed E-state index contributed by atoms with van der Waals surface area (Å²) in [5.41, 5.74) is 11.9. The van der Waals surface area contributed by atoms with Gasteiger partial charge in [-0.15, -0.1) is 23.1 Å². The summed E-state index contributed by atoms with van der Waals surface area (Å²) in [4.78, 5) is 0. The third-order valence-electron chi connectivity index (χ3n) is 8.17. The number of hydrogen-bond donors (Lipinski definition) is 0. The Kier molecular flexibility index (Phi) is 17.5. The van der Waals surface area contributed by atoms with Gasteiger partial charge in [0.15, 0.2) is 0 Å². The fraction of sp³-hybridized carbons (Fsp3) is 0.383. The molecule has 266 valence electrons. The van der Waals surface area contributed by atoms with Crippen LogP contribution in [0.25, 0.3) is 11.1 Å². The molecule has 4 aromatic carbocycles. The third-order valence-corrected chi connectivity index (χ3v) is 9.61. The molecule has 0 heterocycles. The van der Waals surface area contributed by atoms with E-state index in [1.54, 1.807) is 0 Å². The average Bonchev–Trinajstić information content (AvgIpc) is 3.72. The molecule has 6 rings (SSSR count). The molecule has 0 radical (unpaired) electrons. The monoisotopic (exact) mass is 964 g/mol. The van der Waals surface area contributed by atoms with Crippen LogP contribution in [-0.2, 0) is 52.3 Å². The van der Waals surface area contributed by atoms with Crippen molar-refractivity contribution in [2.24, 2.45) is 0 Å². The fourth-order valence-corrected chi connectivity index (χ4v) is 6.42. The molecule has 0 aliphatic heterocycles. The topological polar surface area (TPSA) is 0 Å². The van der Waals surface area contributed by atoms with E-state index in [4.69, 9.17) is 0 Å². The van der Waals surface area contributed by atoms with E-state index in [0.29, 0.717) is 0 Å². The predicted octanol–water partition coefficient (Wildman–Crippen LogP) is 13.7. The molecular formula is C47H56I2Zr-4. The SMILES string of the molecule is CC(C)(C)c1[c-]c2c(cc1C(C)(C)C)-c1cc(C(C)(C)C)c(C(C)(C)C)cc1C2.Ic1cc[c-]cc1.Ic1cc[c-]cc1.[C-]1=CC=CC1.[CH2]=[Zr]. The molecular weight excluding hydrogens is 910 g/mol. The van der Waals surface area contributed by atoms with E-state index in [2.05, 4.69) is 181 Å². The predicted molar refractivity (Wildman–Crippen MR) is 233 cm³/mol. The van der Waals surface area contributed by atoms with Gasteiger partial charge in [0, 0.05) is 0 Å². The van der Waals surface area contributed by atoms with Gasteiger partial charge < -0.3 is 0 Å². The minimum absolute atomic E-state index is 0.0968. The Morgan fingerprint density at radius 2 is 1.04 bits per heavy atom. The molecule has 0 nitrogen and oxygen atoms in total. The zero-order valence-corrected chi connectivity index (χ0v) is 39.2. The van der Waals surface area contributed by atoms with Crippen LogP contribution in [0.3, 0.4) is 0 Å². The summed E-state index contributed by atoms with van der Waals surface area (Å²) in [7, 11) is 0. The van der Waals surface area contributed by atoms with Crippen molar-refractivity contribution in [1.29, 1.82) is 0 Å². The summed E-state index contributed by atoms with van der Waals surface area (Å²) in [6, 6.07) is 32.9. The van der Waals surface area contributed by atoms with Crippen LogP contribution in [0.1, 0.15) is 123 Å². The maximum absolute atomic E-state index is 3.90. The number of hydrogen-bond acceptors (Lipinski definition) is 0. The minimum atomic E-state index is 0.0968. The fourth-order valence-electron chi connectivity index (χ4n) is 5.70. The standard InChI is InChI=1S/C29H41.2C6H4I.C5H5.CH2.Zr/c1-26(2,3)22-14-18-13-19-15-23(27(4,5)6)25(29(10,11)12)17-21(19)20(18)16-24(22)28(7,8)9;2*7-6-4-2-1-3-5-6;1-2-4-5-3-1;;/h14,16-17H,13H2,1-12H3;2*2-5H;1-3H,4H2;1H2;/q4*-1;;. The van der Waals surface area contributed by atoms with E-state index in [0.717, 1.165) is 12.8 Å². The van der Waals surface area contributed by atoms with Gasteiger partial charge in [0.05, 0.1) is 0 Å². The zero-order valence-electron chi connectivity index (χ0n) is 32.5. The summed E-state index contributed by atoms with van der Waals surface area (Å²) in [5, 5.41) is 0. The summed E-state index contributed by atoms with van der Waals surface area (Å²) < 4.78 is 5.86. The number of rotatable bonds is 0. The molecule has 0 saturated carbocycles. The number of benzene rings is 4.